The molecular weight excluding hydrogens is 338 g/mol. The van der Waals surface area contributed by atoms with Crippen LogP contribution in [0.4, 0.5) is 0 Å². The first-order valence-corrected chi connectivity index (χ1v) is 9.37. The van der Waals surface area contributed by atoms with E-state index in [4.69, 9.17) is 16.3 Å². The number of nitrogens with zero attached hydrogens (tertiary/aromatic N) is 3. The normalized spacial score (nSPS) is 12.2. The van der Waals surface area contributed by atoms with Crippen molar-refractivity contribution >= 4 is 17.6 Å². The molecule has 25 heavy (non-hydrogen) atoms. The van der Waals surface area contributed by atoms with Crippen molar-refractivity contribution in [2.75, 3.05) is 0 Å². The summed E-state index contributed by atoms with van der Waals surface area (Å²) in [7, 11) is 0. The second-order valence-corrected chi connectivity index (χ2v) is 6.46. The van der Waals surface area contributed by atoms with Crippen LogP contribution in [0.15, 0.2) is 24.4 Å². The predicted octanol–water partition coefficient (Wildman–Crippen LogP) is 4.61. The van der Waals surface area contributed by atoms with Gasteiger partial charge in [0.1, 0.15) is 5.75 Å². The highest BCUT2D eigenvalue weighted by Gasteiger charge is 2.15. The molecule has 0 bridgehead atoms. The molecule has 0 aliphatic heterocycles. The summed E-state index contributed by atoms with van der Waals surface area (Å²) in [6.45, 7) is 6.98. The van der Waals surface area contributed by atoms with Crippen LogP contribution in [-0.4, -0.2) is 21.0 Å². The van der Waals surface area contributed by atoms with Crippen molar-refractivity contribution in [3.05, 3.63) is 41.2 Å². The smallest absolute Gasteiger partial charge is 0.311 e. The summed E-state index contributed by atoms with van der Waals surface area (Å²) < 4.78 is 7.26. The molecule has 1 aromatic heterocycles. The van der Waals surface area contributed by atoms with Crippen LogP contribution >= 0.6 is 11.6 Å². The number of aromatic nitrogens is 3. The highest BCUT2D eigenvalue weighted by Crippen LogP contribution is 2.24. The van der Waals surface area contributed by atoms with E-state index in [1.807, 2.05) is 36.9 Å². The van der Waals surface area contributed by atoms with E-state index < -0.39 is 0 Å². The Morgan fingerprint density at radius 3 is 2.80 bits per heavy atom. The molecule has 1 heterocycles. The highest BCUT2D eigenvalue weighted by molar-refractivity contribution is 6.17. The maximum Gasteiger partial charge on any atom is 0.311 e. The minimum Gasteiger partial charge on any atom is -0.427 e. The Bertz CT molecular complexity index is 700. The Morgan fingerprint density at radius 2 is 2.16 bits per heavy atom. The number of aryl methyl sites for hydroxylation is 2. The quantitative estimate of drug-likeness (QED) is 0.370. The van der Waals surface area contributed by atoms with Crippen molar-refractivity contribution in [3.63, 3.8) is 0 Å². The van der Waals surface area contributed by atoms with Gasteiger partial charge in [-0.2, -0.15) is 0 Å². The predicted molar refractivity (Wildman–Crippen MR) is 99.0 cm³/mol. The number of alkyl halides is 1. The summed E-state index contributed by atoms with van der Waals surface area (Å²) in [5, 5.41) is 8.33. The van der Waals surface area contributed by atoms with Gasteiger partial charge in [-0.3, -0.25) is 9.48 Å². The molecule has 0 fully saturated rings. The van der Waals surface area contributed by atoms with Crippen LogP contribution in [0.25, 0.3) is 0 Å². The van der Waals surface area contributed by atoms with Gasteiger partial charge in [0.05, 0.1) is 5.69 Å². The van der Waals surface area contributed by atoms with Gasteiger partial charge < -0.3 is 4.74 Å². The maximum atomic E-state index is 12.1. The second kappa shape index (κ2) is 9.56. The zero-order chi connectivity index (χ0) is 18.2. The molecule has 0 saturated carbocycles. The maximum absolute atomic E-state index is 12.1. The zero-order valence-electron chi connectivity index (χ0n) is 15.2. The van der Waals surface area contributed by atoms with Gasteiger partial charge >= 0.3 is 5.97 Å². The van der Waals surface area contributed by atoms with E-state index in [0.29, 0.717) is 24.0 Å². The van der Waals surface area contributed by atoms with E-state index >= 15 is 0 Å². The van der Waals surface area contributed by atoms with Crippen LogP contribution in [0.1, 0.15) is 62.3 Å². The fraction of sp³-hybridized carbons (Fsp3) is 0.526. The SMILES string of the molecule is CCC(CCCC(=O)Oc1ccc(C)c(CCl)c1)c1cn(CC)nn1. The van der Waals surface area contributed by atoms with Gasteiger partial charge in [-0.1, -0.05) is 18.2 Å². The number of ether oxygens (including phenoxy) is 1. The van der Waals surface area contributed by atoms with E-state index in [1.54, 1.807) is 6.07 Å². The van der Waals surface area contributed by atoms with Gasteiger partial charge in [-0.05, 0) is 56.4 Å². The van der Waals surface area contributed by atoms with Gasteiger partial charge in [-0.15, -0.1) is 16.7 Å². The van der Waals surface area contributed by atoms with Gasteiger partial charge in [0.2, 0.25) is 0 Å². The number of hydrogen-bond donors (Lipinski definition) is 0. The standard InChI is InChI=1S/C19H26ClN3O2/c1-4-15(18-13-23(5-2)22-21-18)7-6-8-19(24)25-17-10-9-14(3)16(11-17)12-20/h9-11,13,15H,4-8,12H2,1-3H3. The molecule has 6 heteroatoms. The van der Waals surface area contributed by atoms with Crippen molar-refractivity contribution < 1.29 is 9.53 Å². The van der Waals surface area contributed by atoms with Crippen LogP contribution in [0.3, 0.4) is 0 Å². The number of rotatable bonds is 9. The molecule has 1 atom stereocenters. The summed E-state index contributed by atoms with van der Waals surface area (Å²) >= 11 is 5.89. The van der Waals surface area contributed by atoms with Gasteiger partial charge in [0.15, 0.2) is 0 Å². The summed E-state index contributed by atoms with van der Waals surface area (Å²) in [5.41, 5.74) is 3.08. The second-order valence-electron chi connectivity index (χ2n) is 6.19. The molecule has 0 saturated heterocycles. The molecule has 0 N–H and O–H groups in total. The van der Waals surface area contributed by atoms with Crippen molar-refractivity contribution in [2.45, 2.75) is 64.8 Å². The summed E-state index contributed by atoms with van der Waals surface area (Å²) in [6.07, 6.45) is 5.03. The van der Waals surface area contributed by atoms with E-state index in [-0.39, 0.29) is 5.97 Å². The number of hydrogen-bond acceptors (Lipinski definition) is 4. The number of carbonyl (C=O) groups is 1. The molecule has 0 spiro atoms. The molecule has 5 nitrogen and oxygen atoms in total. The lowest BCUT2D eigenvalue weighted by Gasteiger charge is -2.11. The van der Waals surface area contributed by atoms with Gasteiger partial charge in [-0.25, -0.2) is 0 Å². The molecule has 0 aliphatic rings. The van der Waals surface area contributed by atoms with E-state index in [1.165, 1.54) is 0 Å². The van der Waals surface area contributed by atoms with Gasteiger partial charge in [0.25, 0.3) is 0 Å². The zero-order valence-corrected chi connectivity index (χ0v) is 15.9. The summed E-state index contributed by atoms with van der Waals surface area (Å²) in [5.74, 6) is 1.09. The van der Waals surface area contributed by atoms with Crippen molar-refractivity contribution in [3.8, 4) is 5.75 Å². The molecule has 2 aromatic rings. The molecule has 0 aliphatic carbocycles. The van der Waals surface area contributed by atoms with Gasteiger partial charge in [0, 0.05) is 31.0 Å². The van der Waals surface area contributed by atoms with Crippen LogP contribution in [0, 0.1) is 6.92 Å². The minimum atomic E-state index is -0.212. The summed E-state index contributed by atoms with van der Waals surface area (Å²) in [6, 6.07) is 5.56. The first-order chi connectivity index (χ1) is 12.1. The molecular formula is C19H26ClN3O2. The van der Waals surface area contributed by atoms with E-state index in [2.05, 4.69) is 17.2 Å². The fourth-order valence-electron chi connectivity index (χ4n) is 2.75. The van der Waals surface area contributed by atoms with Crippen molar-refractivity contribution in [2.24, 2.45) is 0 Å². The fourth-order valence-corrected chi connectivity index (χ4v) is 3.03. The van der Waals surface area contributed by atoms with Crippen LogP contribution < -0.4 is 4.74 Å². The minimum absolute atomic E-state index is 0.212. The average Bonchev–Trinajstić information content (AvgIpc) is 3.09. The third kappa shape index (κ3) is 5.56. The Hall–Kier alpha value is -1.88. The van der Waals surface area contributed by atoms with Crippen LogP contribution in [0.2, 0.25) is 0 Å². The molecule has 1 unspecified atom stereocenters. The van der Waals surface area contributed by atoms with Crippen LogP contribution in [-0.2, 0) is 17.2 Å². The Morgan fingerprint density at radius 1 is 1.36 bits per heavy atom. The lowest BCUT2D eigenvalue weighted by Crippen LogP contribution is -2.09. The third-order valence-corrected chi connectivity index (χ3v) is 4.71. The monoisotopic (exact) mass is 363 g/mol. The molecule has 0 amide bonds. The lowest BCUT2D eigenvalue weighted by atomic mass is 9.96. The molecule has 2 rings (SSSR count). The van der Waals surface area contributed by atoms with Crippen molar-refractivity contribution in [1.82, 2.24) is 15.0 Å². The van der Waals surface area contributed by atoms with Crippen molar-refractivity contribution in [1.29, 1.82) is 0 Å². The molecule has 1 aromatic carbocycles. The average molecular weight is 364 g/mol. The first kappa shape index (κ1) is 19.4. The van der Waals surface area contributed by atoms with Crippen LogP contribution in [0.5, 0.6) is 5.75 Å². The first-order valence-electron chi connectivity index (χ1n) is 8.83. The third-order valence-electron chi connectivity index (χ3n) is 4.42. The Kier molecular flexibility index (Phi) is 7.44. The largest absolute Gasteiger partial charge is 0.427 e. The highest BCUT2D eigenvalue weighted by atomic mass is 35.5. The molecule has 136 valence electrons. The number of esters is 1. The Balaban J connectivity index is 1.83. The lowest BCUT2D eigenvalue weighted by molar-refractivity contribution is -0.134. The van der Waals surface area contributed by atoms with E-state index in [9.17, 15) is 4.79 Å². The van der Waals surface area contributed by atoms with E-state index in [0.717, 1.165) is 42.6 Å². The number of benzene rings is 1. The number of halogens is 1. The molecule has 0 radical (unpaired) electrons. The number of carbonyl (C=O) groups excluding carboxylic acids is 1. The Labute approximate surface area is 154 Å². The topological polar surface area (TPSA) is 57.0 Å². The summed E-state index contributed by atoms with van der Waals surface area (Å²) in [4.78, 5) is 12.1.